The predicted molar refractivity (Wildman–Crippen MR) is 83.7 cm³/mol. The molecule has 2 fully saturated rings. The Kier molecular flexibility index (Phi) is 4.09. The van der Waals surface area contributed by atoms with Crippen LogP contribution in [0.2, 0.25) is 0 Å². The van der Waals surface area contributed by atoms with Crippen LogP contribution in [0.5, 0.6) is 0 Å². The van der Waals surface area contributed by atoms with Gasteiger partial charge in [0.05, 0.1) is 12.2 Å². The van der Waals surface area contributed by atoms with Crippen molar-refractivity contribution >= 4 is 5.97 Å². The molecule has 0 aliphatic heterocycles. The summed E-state index contributed by atoms with van der Waals surface area (Å²) in [5.74, 6) is 0.299. The van der Waals surface area contributed by atoms with Crippen LogP contribution in [0.1, 0.15) is 53.9 Å². The normalized spacial score (nSPS) is 38.2. The molecule has 1 N–H and O–H groups in total. The Morgan fingerprint density at radius 2 is 1.95 bits per heavy atom. The highest BCUT2D eigenvalue weighted by atomic mass is 16.5. The maximum Gasteiger partial charge on any atom is 0.330 e. The molecule has 0 heterocycles. The molecule has 21 heavy (non-hydrogen) atoms. The zero-order valence-corrected chi connectivity index (χ0v) is 13.9. The zero-order chi connectivity index (χ0) is 15.9. The van der Waals surface area contributed by atoms with Crippen molar-refractivity contribution in [1.29, 1.82) is 0 Å². The Balaban J connectivity index is 2.24. The second-order valence-corrected chi connectivity index (χ2v) is 7.58. The summed E-state index contributed by atoms with van der Waals surface area (Å²) in [6.07, 6.45) is 8.71. The number of allylic oxidation sites excluding steroid dienone is 2. The summed E-state index contributed by atoms with van der Waals surface area (Å²) in [6, 6.07) is 0. The summed E-state index contributed by atoms with van der Waals surface area (Å²) in [4.78, 5) is 11.5. The molecule has 3 heteroatoms. The van der Waals surface area contributed by atoms with Crippen molar-refractivity contribution in [2.45, 2.75) is 59.5 Å². The number of rotatable bonds is 4. The lowest BCUT2D eigenvalue weighted by Crippen LogP contribution is -2.50. The van der Waals surface area contributed by atoms with Crippen molar-refractivity contribution in [3.8, 4) is 0 Å². The van der Waals surface area contributed by atoms with E-state index in [0.29, 0.717) is 12.5 Å². The van der Waals surface area contributed by atoms with Gasteiger partial charge in [0.2, 0.25) is 0 Å². The topological polar surface area (TPSA) is 46.5 Å². The fourth-order valence-electron chi connectivity index (χ4n) is 4.71. The van der Waals surface area contributed by atoms with Crippen LogP contribution in [0.25, 0.3) is 0 Å². The molecule has 2 saturated carbocycles. The van der Waals surface area contributed by atoms with Gasteiger partial charge in [-0.25, -0.2) is 4.79 Å². The van der Waals surface area contributed by atoms with E-state index in [4.69, 9.17) is 4.74 Å². The van der Waals surface area contributed by atoms with Crippen molar-refractivity contribution in [1.82, 2.24) is 0 Å². The summed E-state index contributed by atoms with van der Waals surface area (Å²) in [6.45, 7) is 10.5. The van der Waals surface area contributed by atoms with Gasteiger partial charge in [-0.15, -0.1) is 0 Å². The van der Waals surface area contributed by atoms with E-state index in [1.54, 1.807) is 6.92 Å². The number of ether oxygens (including phenoxy) is 1. The predicted octanol–water partition coefficient (Wildman–Crippen LogP) is 3.63. The van der Waals surface area contributed by atoms with Crippen LogP contribution in [-0.2, 0) is 9.53 Å². The van der Waals surface area contributed by atoms with Gasteiger partial charge in [-0.2, -0.15) is 0 Å². The van der Waals surface area contributed by atoms with Gasteiger partial charge in [-0.3, -0.25) is 0 Å². The van der Waals surface area contributed by atoms with Crippen LogP contribution in [-0.4, -0.2) is 23.3 Å². The molecule has 0 aromatic carbocycles. The van der Waals surface area contributed by atoms with Gasteiger partial charge < -0.3 is 9.84 Å². The Bertz CT molecular complexity index is 465. The summed E-state index contributed by atoms with van der Waals surface area (Å²) in [5, 5.41) is 10.9. The molecule has 2 bridgehead atoms. The number of fused-ring (bicyclic) bond motifs is 2. The fourth-order valence-corrected chi connectivity index (χ4v) is 4.71. The molecule has 118 valence electrons. The Labute approximate surface area is 128 Å². The Hall–Kier alpha value is -1.09. The minimum absolute atomic E-state index is 0.0835. The number of aliphatic hydroxyl groups is 1. The molecular formula is C18H28O3. The molecule has 0 amide bonds. The summed E-state index contributed by atoms with van der Waals surface area (Å²) < 4.78 is 4.93. The van der Waals surface area contributed by atoms with Gasteiger partial charge in [0.1, 0.15) is 0 Å². The summed E-state index contributed by atoms with van der Waals surface area (Å²) >= 11 is 0. The largest absolute Gasteiger partial charge is 0.463 e. The summed E-state index contributed by atoms with van der Waals surface area (Å²) in [5.41, 5.74) is 0.0825. The molecule has 0 aromatic rings. The lowest BCUT2D eigenvalue weighted by Gasteiger charge is -2.49. The van der Waals surface area contributed by atoms with Crippen LogP contribution >= 0.6 is 0 Å². The second-order valence-electron chi connectivity index (χ2n) is 7.58. The lowest BCUT2D eigenvalue weighted by molar-refractivity contribution is -0.137. The average Bonchev–Trinajstić information content (AvgIpc) is 2.71. The molecule has 3 atom stereocenters. The lowest BCUT2D eigenvalue weighted by atomic mass is 9.58. The number of esters is 1. The van der Waals surface area contributed by atoms with Crippen molar-refractivity contribution in [3.63, 3.8) is 0 Å². The Morgan fingerprint density at radius 1 is 1.29 bits per heavy atom. The molecule has 0 radical (unpaired) electrons. The van der Waals surface area contributed by atoms with E-state index in [0.717, 1.165) is 24.8 Å². The molecular weight excluding hydrogens is 264 g/mol. The molecule has 3 nitrogen and oxygen atoms in total. The van der Waals surface area contributed by atoms with E-state index < -0.39 is 5.60 Å². The van der Waals surface area contributed by atoms with Crippen molar-refractivity contribution in [2.75, 3.05) is 6.61 Å². The van der Waals surface area contributed by atoms with Gasteiger partial charge in [-0.1, -0.05) is 26.0 Å². The van der Waals surface area contributed by atoms with Crippen molar-refractivity contribution in [2.24, 2.45) is 16.7 Å². The minimum Gasteiger partial charge on any atom is -0.463 e. The molecule has 2 aliphatic carbocycles. The van der Waals surface area contributed by atoms with E-state index in [2.05, 4.69) is 19.9 Å². The van der Waals surface area contributed by atoms with E-state index in [9.17, 15) is 9.90 Å². The third-order valence-corrected chi connectivity index (χ3v) is 5.53. The minimum atomic E-state index is -0.667. The highest BCUT2D eigenvalue weighted by Gasteiger charge is 2.65. The standard InChI is InChI=1S/C18H28O3/c1-6-21-15(19)9-13(2)7-8-18-12-14(10-16(18,3)4)11-17(18,5)20/h7-9,14,20H,6,10-12H2,1-5H3/b8-7+,13-9+/t14-,17-,18+/m1/s1. The first-order valence-corrected chi connectivity index (χ1v) is 7.90. The van der Waals surface area contributed by atoms with Gasteiger partial charge in [0.15, 0.2) is 0 Å². The first-order valence-electron chi connectivity index (χ1n) is 7.90. The van der Waals surface area contributed by atoms with Crippen LogP contribution in [0.3, 0.4) is 0 Å². The first-order chi connectivity index (χ1) is 9.63. The molecule has 0 unspecified atom stereocenters. The number of hydrogen-bond donors (Lipinski definition) is 1. The molecule has 2 aliphatic rings. The van der Waals surface area contributed by atoms with Gasteiger partial charge in [-0.05, 0) is 56.9 Å². The van der Waals surface area contributed by atoms with E-state index in [1.807, 2.05) is 19.9 Å². The third kappa shape index (κ3) is 2.68. The molecule has 0 aromatic heterocycles. The van der Waals surface area contributed by atoms with Crippen LogP contribution < -0.4 is 0 Å². The highest BCUT2D eigenvalue weighted by Crippen LogP contribution is 2.68. The van der Waals surface area contributed by atoms with Gasteiger partial charge >= 0.3 is 5.97 Å². The van der Waals surface area contributed by atoms with E-state index in [1.165, 1.54) is 6.08 Å². The average molecular weight is 292 g/mol. The van der Waals surface area contributed by atoms with E-state index in [-0.39, 0.29) is 16.8 Å². The monoisotopic (exact) mass is 292 g/mol. The number of carbonyl (C=O) groups excluding carboxylic acids is 1. The van der Waals surface area contributed by atoms with Crippen molar-refractivity contribution in [3.05, 3.63) is 23.8 Å². The summed E-state index contributed by atoms with van der Waals surface area (Å²) in [7, 11) is 0. The van der Waals surface area contributed by atoms with Crippen molar-refractivity contribution < 1.29 is 14.6 Å². The van der Waals surface area contributed by atoms with Crippen LogP contribution in [0.4, 0.5) is 0 Å². The van der Waals surface area contributed by atoms with Crippen LogP contribution in [0.15, 0.2) is 23.8 Å². The van der Waals surface area contributed by atoms with Gasteiger partial charge in [0.25, 0.3) is 0 Å². The van der Waals surface area contributed by atoms with E-state index >= 15 is 0 Å². The third-order valence-electron chi connectivity index (χ3n) is 5.53. The Morgan fingerprint density at radius 3 is 2.48 bits per heavy atom. The molecule has 0 spiro atoms. The maximum atomic E-state index is 11.5. The highest BCUT2D eigenvalue weighted by molar-refractivity contribution is 5.83. The number of carbonyl (C=O) groups is 1. The molecule has 0 saturated heterocycles. The maximum absolute atomic E-state index is 11.5. The SMILES string of the molecule is CCOC(=O)/C=C(C)/C=C/[C@]12C[C@H](CC1(C)C)C[C@@]2(C)O. The first kappa shape index (κ1) is 16.3. The van der Waals surface area contributed by atoms with Gasteiger partial charge in [0, 0.05) is 11.5 Å². The fraction of sp³-hybridized carbons (Fsp3) is 0.722. The quantitative estimate of drug-likeness (QED) is 0.489. The molecule has 2 rings (SSSR count). The second kappa shape index (κ2) is 5.28. The zero-order valence-electron chi connectivity index (χ0n) is 13.9. The van der Waals surface area contributed by atoms with Crippen LogP contribution in [0, 0.1) is 16.7 Å². The number of hydrogen-bond acceptors (Lipinski definition) is 3. The smallest absolute Gasteiger partial charge is 0.330 e.